The Bertz CT molecular complexity index is 1400. The largest absolute Gasteiger partial charge is 0.383 e. The summed E-state index contributed by atoms with van der Waals surface area (Å²) in [7, 11) is 0. The summed E-state index contributed by atoms with van der Waals surface area (Å²) in [4.78, 5) is 20.3. The maximum absolute atomic E-state index is 13.8. The monoisotopic (exact) mass is 467 g/mol. The van der Waals surface area contributed by atoms with Gasteiger partial charge in [0.25, 0.3) is 5.91 Å². The van der Waals surface area contributed by atoms with Crippen LogP contribution in [0.2, 0.25) is 0 Å². The highest BCUT2D eigenvalue weighted by atomic mass is 32.1. The third kappa shape index (κ3) is 3.97. The minimum atomic E-state index is -0.0455. The normalized spacial score (nSPS) is 13.6. The van der Waals surface area contributed by atoms with Gasteiger partial charge in [0.15, 0.2) is 0 Å². The number of rotatable bonds is 4. The Labute approximate surface area is 202 Å². The maximum atomic E-state index is 13.8. The van der Waals surface area contributed by atoms with E-state index in [2.05, 4.69) is 16.4 Å². The zero-order chi connectivity index (χ0) is 23.7. The number of aryl methyl sites for hydroxylation is 1. The van der Waals surface area contributed by atoms with E-state index in [1.807, 2.05) is 66.4 Å². The Morgan fingerprint density at radius 1 is 1.09 bits per heavy atom. The first-order valence-corrected chi connectivity index (χ1v) is 12.2. The number of thiophene rings is 1. The van der Waals surface area contributed by atoms with Crippen molar-refractivity contribution in [3.05, 3.63) is 71.3 Å². The SMILES string of the molecule is Cc1ccc(-c2c(C#N)c(N)nc3c(C(=O)N4CCCCC4)c(Nc4ccccc4)sc23)cc1. The fourth-order valence-corrected chi connectivity index (χ4v) is 5.64. The molecule has 5 rings (SSSR count). The van der Waals surface area contributed by atoms with E-state index in [1.54, 1.807) is 0 Å². The van der Waals surface area contributed by atoms with Crippen LogP contribution in [-0.2, 0) is 0 Å². The molecule has 1 aliphatic heterocycles. The van der Waals surface area contributed by atoms with E-state index >= 15 is 0 Å². The summed E-state index contributed by atoms with van der Waals surface area (Å²) in [5, 5.41) is 14.1. The lowest BCUT2D eigenvalue weighted by molar-refractivity contribution is 0.0727. The van der Waals surface area contributed by atoms with Gasteiger partial charge in [-0.3, -0.25) is 4.79 Å². The van der Waals surface area contributed by atoms with Crippen LogP contribution in [0.1, 0.15) is 40.7 Å². The number of carbonyl (C=O) groups is 1. The average molecular weight is 468 g/mol. The van der Waals surface area contributed by atoms with E-state index in [9.17, 15) is 10.1 Å². The number of benzene rings is 2. The number of hydrogen-bond donors (Lipinski definition) is 2. The second-order valence-corrected chi connectivity index (χ2v) is 9.57. The molecule has 0 spiro atoms. The number of pyridine rings is 1. The quantitative estimate of drug-likeness (QED) is 0.378. The molecule has 1 aliphatic rings. The highest BCUT2D eigenvalue weighted by Crippen LogP contribution is 2.44. The second kappa shape index (κ2) is 9.16. The number of nitrogens with zero attached hydrogens (tertiary/aromatic N) is 3. The van der Waals surface area contributed by atoms with Gasteiger partial charge in [-0.2, -0.15) is 5.26 Å². The summed E-state index contributed by atoms with van der Waals surface area (Å²) in [6, 6.07) is 20.0. The molecule has 0 radical (unpaired) electrons. The summed E-state index contributed by atoms with van der Waals surface area (Å²) < 4.78 is 0.786. The Kier molecular flexibility index (Phi) is 5.91. The number of para-hydroxylation sites is 1. The molecule has 170 valence electrons. The molecule has 34 heavy (non-hydrogen) atoms. The predicted molar refractivity (Wildman–Crippen MR) is 138 cm³/mol. The minimum Gasteiger partial charge on any atom is -0.383 e. The molecule has 7 heteroatoms. The standard InChI is InChI=1S/C27H25N5OS/c1-17-10-12-18(13-11-17)21-20(16-28)25(29)31-23-22(27(33)32-14-6-3-7-15-32)26(34-24(21)23)30-19-8-4-2-5-9-19/h2,4-5,8-13,30H,3,6-7,14-15H2,1H3,(H2,29,31). The van der Waals surface area contributed by atoms with Gasteiger partial charge in [-0.15, -0.1) is 11.3 Å². The van der Waals surface area contributed by atoms with Crippen LogP contribution in [0.5, 0.6) is 0 Å². The summed E-state index contributed by atoms with van der Waals surface area (Å²) in [5.41, 5.74) is 11.3. The molecule has 2 aromatic heterocycles. The van der Waals surface area contributed by atoms with E-state index in [0.717, 1.165) is 59.4 Å². The molecule has 2 aromatic carbocycles. The Morgan fingerprint density at radius 3 is 2.47 bits per heavy atom. The molecule has 0 aliphatic carbocycles. The number of carbonyl (C=O) groups excluding carboxylic acids is 1. The Hall–Kier alpha value is -3.89. The molecule has 6 nitrogen and oxygen atoms in total. The molecule has 3 heterocycles. The smallest absolute Gasteiger partial charge is 0.259 e. The molecule has 3 N–H and O–H groups in total. The van der Waals surface area contributed by atoms with Crippen molar-refractivity contribution in [3.63, 3.8) is 0 Å². The number of piperidine rings is 1. The van der Waals surface area contributed by atoms with E-state index in [0.29, 0.717) is 21.6 Å². The molecule has 0 bridgehead atoms. The van der Waals surface area contributed by atoms with Gasteiger partial charge in [0, 0.05) is 24.3 Å². The number of anilines is 3. The van der Waals surface area contributed by atoms with Gasteiger partial charge < -0.3 is 16.0 Å². The van der Waals surface area contributed by atoms with E-state index in [4.69, 9.17) is 5.73 Å². The number of fused-ring (bicyclic) bond motifs is 1. The third-order valence-electron chi connectivity index (χ3n) is 6.19. The van der Waals surface area contributed by atoms with E-state index < -0.39 is 0 Å². The van der Waals surface area contributed by atoms with E-state index in [1.165, 1.54) is 11.3 Å². The molecule has 1 amide bonds. The summed E-state index contributed by atoms with van der Waals surface area (Å²) in [5.74, 6) is 0.0955. The lowest BCUT2D eigenvalue weighted by Crippen LogP contribution is -2.35. The van der Waals surface area contributed by atoms with Crippen molar-refractivity contribution < 1.29 is 4.79 Å². The fourth-order valence-electron chi connectivity index (χ4n) is 4.42. The summed E-state index contributed by atoms with van der Waals surface area (Å²) in [6.45, 7) is 3.49. The number of aromatic nitrogens is 1. The van der Waals surface area contributed by atoms with Crippen molar-refractivity contribution in [2.75, 3.05) is 24.1 Å². The van der Waals surface area contributed by atoms with Gasteiger partial charge in [0.2, 0.25) is 0 Å². The van der Waals surface area contributed by atoms with Gasteiger partial charge in [0.05, 0.1) is 10.2 Å². The first-order valence-electron chi connectivity index (χ1n) is 11.4. The zero-order valence-electron chi connectivity index (χ0n) is 19.0. The van der Waals surface area contributed by atoms with Crippen molar-refractivity contribution >= 4 is 44.0 Å². The number of nitriles is 1. The van der Waals surface area contributed by atoms with Gasteiger partial charge >= 0.3 is 0 Å². The minimum absolute atomic E-state index is 0.0455. The van der Waals surface area contributed by atoms with Gasteiger partial charge in [-0.05, 0) is 43.9 Å². The molecular formula is C27H25N5OS. The van der Waals surface area contributed by atoms with Crippen LogP contribution in [0.3, 0.4) is 0 Å². The van der Waals surface area contributed by atoms with Crippen molar-refractivity contribution in [3.8, 4) is 17.2 Å². The molecule has 0 atom stereocenters. The third-order valence-corrected chi connectivity index (χ3v) is 7.30. The number of nitrogen functional groups attached to an aromatic ring is 1. The number of amides is 1. The van der Waals surface area contributed by atoms with Gasteiger partial charge in [-0.1, -0.05) is 48.0 Å². The molecule has 0 unspecified atom stereocenters. The molecule has 4 aromatic rings. The molecule has 0 saturated carbocycles. The second-order valence-electron chi connectivity index (χ2n) is 8.55. The first kappa shape index (κ1) is 21.9. The molecular weight excluding hydrogens is 442 g/mol. The zero-order valence-corrected chi connectivity index (χ0v) is 19.8. The highest BCUT2D eigenvalue weighted by Gasteiger charge is 2.29. The number of nitrogens with two attached hydrogens (primary N) is 1. The number of nitrogens with one attached hydrogen (secondary N) is 1. The fraction of sp³-hybridized carbons (Fsp3) is 0.222. The number of hydrogen-bond acceptors (Lipinski definition) is 6. The topological polar surface area (TPSA) is 95.0 Å². The molecule has 1 saturated heterocycles. The van der Waals surface area contributed by atoms with Crippen LogP contribution in [0.4, 0.5) is 16.5 Å². The number of likely N-dealkylation sites (tertiary alicyclic amines) is 1. The Morgan fingerprint density at radius 2 is 1.79 bits per heavy atom. The summed E-state index contributed by atoms with van der Waals surface area (Å²) in [6.07, 6.45) is 3.13. The van der Waals surface area contributed by atoms with Crippen molar-refractivity contribution in [2.45, 2.75) is 26.2 Å². The predicted octanol–water partition coefficient (Wildman–Crippen LogP) is 6.10. The van der Waals surface area contributed by atoms with Crippen LogP contribution < -0.4 is 11.1 Å². The van der Waals surface area contributed by atoms with Crippen molar-refractivity contribution in [2.24, 2.45) is 0 Å². The van der Waals surface area contributed by atoms with Gasteiger partial charge in [0.1, 0.15) is 28.0 Å². The van der Waals surface area contributed by atoms with Crippen LogP contribution in [0.25, 0.3) is 21.3 Å². The van der Waals surface area contributed by atoms with Crippen LogP contribution in [0.15, 0.2) is 54.6 Å². The van der Waals surface area contributed by atoms with Crippen molar-refractivity contribution in [1.82, 2.24) is 9.88 Å². The highest BCUT2D eigenvalue weighted by molar-refractivity contribution is 7.24. The molecule has 1 fully saturated rings. The lowest BCUT2D eigenvalue weighted by atomic mass is 9.98. The lowest BCUT2D eigenvalue weighted by Gasteiger charge is -2.27. The van der Waals surface area contributed by atoms with Gasteiger partial charge in [-0.25, -0.2) is 4.98 Å². The van der Waals surface area contributed by atoms with E-state index in [-0.39, 0.29) is 11.7 Å². The van der Waals surface area contributed by atoms with Crippen LogP contribution >= 0.6 is 11.3 Å². The first-order chi connectivity index (χ1) is 16.6. The van der Waals surface area contributed by atoms with Crippen LogP contribution in [-0.4, -0.2) is 28.9 Å². The Balaban J connectivity index is 1.77. The average Bonchev–Trinajstić information content (AvgIpc) is 3.21. The van der Waals surface area contributed by atoms with Crippen LogP contribution in [0, 0.1) is 18.3 Å². The maximum Gasteiger partial charge on any atom is 0.259 e. The van der Waals surface area contributed by atoms with Crippen molar-refractivity contribution in [1.29, 1.82) is 5.26 Å². The summed E-state index contributed by atoms with van der Waals surface area (Å²) >= 11 is 1.45.